The fraction of sp³-hybridized carbons (Fsp3) is 0.333. The first-order valence-corrected chi connectivity index (χ1v) is 6.24. The Labute approximate surface area is 123 Å². The molecule has 0 saturated heterocycles. The minimum absolute atomic E-state index is 0.0311. The zero-order valence-corrected chi connectivity index (χ0v) is 11.7. The minimum Gasteiger partial charge on any atom is -0.370 e. The molecular formula is C12H12F3N7. The summed E-state index contributed by atoms with van der Waals surface area (Å²) in [6, 6.07) is 3.30. The van der Waals surface area contributed by atoms with Crippen molar-refractivity contribution in [1.82, 2.24) is 19.7 Å². The van der Waals surface area contributed by atoms with Crippen LogP contribution in [0.15, 0.2) is 12.3 Å². The molecule has 0 aliphatic heterocycles. The van der Waals surface area contributed by atoms with Crippen molar-refractivity contribution in [2.45, 2.75) is 13.1 Å². The zero-order chi connectivity index (χ0) is 16.3. The zero-order valence-electron chi connectivity index (χ0n) is 11.7. The normalized spacial score (nSPS) is 11.1. The lowest BCUT2D eigenvalue weighted by Gasteiger charge is -2.13. The maximum absolute atomic E-state index is 12.9. The lowest BCUT2D eigenvalue weighted by molar-refractivity contribution is -0.137. The van der Waals surface area contributed by atoms with E-state index in [9.17, 15) is 13.2 Å². The Morgan fingerprint density at radius 2 is 2.14 bits per heavy atom. The summed E-state index contributed by atoms with van der Waals surface area (Å²) in [5.74, 6) is 0.0466. The largest absolute Gasteiger partial charge is 0.421 e. The number of alkyl halides is 3. The number of nitrogens with zero attached hydrogens (tertiary/aromatic N) is 5. The average molecular weight is 311 g/mol. The Morgan fingerprint density at radius 3 is 2.68 bits per heavy atom. The van der Waals surface area contributed by atoms with E-state index in [-0.39, 0.29) is 24.0 Å². The van der Waals surface area contributed by atoms with Gasteiger partial charge in [0.05, 0.1) is 0 Å². The highest BCUT2D eigenvalue weighted by molar-refractivity contribution is 5.55. The molecule has 10 heteroatoms. The van der Waals surface area contributed by atoms with E-state index in [0.29, 0.717) is 12.0 Å². The molecule has 0 fully saturated rings. The Morgan fingerprint density at radius 1 is 1.41 bits per heavy atom. The van der Waals surface area contributed by atoms with E-state index in [1.54, 1.807) is 14.0 Å². The predicted octanol–water partition coefficient (Wildman–Crippen LogP) is 2.28. The summed E-state index contributed by atoms with van der Waals surface area (Å²) in [5.41, 5.74) is -0.772. The topological polar surface area (TPSA) is 91.5 Å². The van der Waals surface area contributed by atoms with E-state index < -0.39 is 11.7 Å². The summed E-state index contributed by atoms with van der Waals surface area (Å²) >= 11 is 0. The minimum atomic E-state index is -4.55. The van der Waals surface area contributed by atoms with Crippen LogP contribution < -0.4 is 10.6 Å². The van der Waals surface area contributed by atoms with Crippen molar-refractivity contribution in [1.29, 1.82) is 5.26 Å². The Kier molecular flexibility index (Phi) is 4.16. The molecule has 0 atom stereocenters. The Bertz CT molecular complexity index is 714. The van der Waals surface area contributed by atoms with Crippen molar-refractivity contribution in [3.8, 4) is 6.07 Å². The maximum atomic E-state index is 12.9. The molecule has 0 aliphatic rings. The molecule has 2 aromatic rings. The van der Waals surface area contributed by atoms with Crippen LogP contribution in [0.3, 0.4) is 0 Å². The number of anilines is 3. The number of halogens is 3. The number of hydrogen-bond donors (Lipinski definition) is 2. The van der Waals surface area contributed by atoms with Gasteiger partial charge in [-0.2, -0.15) is 28.5 Å². The molecule has 22 heavy (non-hydrogen) atoms. The molecule has 0 aliphatic carbocycles. The summed E-state index contributed by atoms with van der Waals surface area (Å²) in [5, 5.41) is 17.9. The van der Waals surface area contributed by atoms with Gasteiger partial charge >= 0.3 is 6.18 Å². The molecule has 116 valence electrons. The van der Waals surface area contributed by atoms with Crippen molar-refractivity contribution < 1.29 is 13.2 Å². The van der Waals surface area contributed by atoms with Gasteiger partial charge in [-0.1, -0.05) is 0 Å². The predicted molar refractivity (Wildman–Crippen MR) is 72.4 cm³/mol. The molecule has 2 rings (SSSR count). The first-order chi connectivity index (χ1) is 10.3. The van der Waals surface area contributed by atoms with Gasteiger partial charge < -0.3 is 10.6 Å². The van der Waals surface area contributed by atoms with Gasteiger partial charge in [-0.05, 0) is 6.92 Å². The first-order valence-electron chi connectivity index (χ1n) is 6.24. The summed E-state index contributed by atoms with van der Waals surface area (Å²) < 4.78 is 39.9. The summed E-state index contributed by atoms with van der Waals surface area (Å²) in [6.45, 7) is 1.94. The van der Waals surface area contributed by atoms with Crippen molar-refractivity contribution in [2.24, 2.45) is 7.05 Å². The van der Waals surface area contributed by atoms with E-state index in [4.69, 9.17) is 5.26 Å². The number of aryl methyl sites for hydroxylation is 1. The van der Waals surface area contributed by atoms with Gasteiger partial charge in [0.2, 0.25) is 5.95 Å². The third-order valence-corrected chi connectivity index (χ3v) is 2.67. The van der Waals surface area contributed by atoms with Crippen LogP contribution in [0, 0.1) is 11.3 Å². The molecule has 7 nitrogen and oxygen atoms in total. The molecule has 0 spiro atoms. The number of rotatable bonds is 4. The van der Waals surface area contributed by atoms with Crippen LogP contribution in [0.2, 0.25) is 0 Å². The van der Waals surface area contributed by atoms with Crippen LogP contribution in [0.25, 0.3) is 0 Å². The molecule has 0 aromatic carbocycles. The van der Waals surface area contributed by atoms with E-state index in [0.717, 1.165) is 0 Å². The molecule has 0 radical (unpaired) electrons. The third-order valence-electron chi connectivity index (χ3n) is 2.67. The maximum Gasteiger partial charge on any atom is 0.421 e. The number of nitrogens with one attached hydrogen (secondary N) is 2. The second-order valence-electron chi connectivity index (χ2n) is 4.26. The number of nitriles is 1. The standard InChI is InChI=1S/C12H12F3N7/c1-3-17-10-8(12(13,14)15)6-18-11(20-10)19-9-4-7(5-16)21-22(9)2/h4,6H,3H2,1-2H3,(H2,17,18,19,20). The highest BCUT2D eigenvalue weighted by Gasteiger charge is 2.35. The Balaban J connectivity index is 2.34. The van der Waals surface area contributed by atoms with Gasteiger partial charge in [-0.25, -0.2) is 4.98 Å². The average Bonchev–Trinajstić information content (AvgIpc) is 2.79. The van der Waals surface area contributed by atoms with Crippen molar-refractivity contribution in [2.75, 3.05) is 17.2 Å². The lowest BCUT2D eigenvalue weighted by Crippen LogP contribution is -2.14. The van der Waals surface area contributed by atoms with E-state index >= 15 is 0 Å². The van der Waals surface area contributed by atoms with E-state index in [1.165, 1.54) is 10.7 Å². The van der Waals surface area contributed by atoms with Gasteiger partial charge in [0, 0.05) is 25.9 Å². The van der Waals surface area contributed by atoms with Gasteiger partial charge in [0.25, 0.3) is 0 Å². The van der Waals surface area contributed by atoms with Crippen molar-refractivity contribution in [3.05, 3.63) is 23.5 Å². The van der Waals surface area contributed by atoms with Gasteiger partial charge in [-0.3, -0.25) is 4.68 Å². The fourth-order valence-electron chi connectivity index (χ4n) is 1.71. The van der Waals surface area contributed by atoms with Crippen LogP contribution >= 0.6 is 0 Å². The molecule has 2 aromatic heterocycles. The second-order valence-corrected chi connectivity index (χ2v) is 4.26. The van der Waals surface area contributed by atoms with E-state index in [1.807, 2.05) is 6.07 Å². The highest BCUT2D eigenvalue weighted by atomic mass is 19.4. The van der Waals surface area contributed by atoms with Crippen LogP contribution in [0.5, 0.6) is 0 Å². The summed E-state index contributed by atoms with van der Waals surface area (Å²) in [7, 11) is 1.58. The lowest BCUT2D eigenvalue weighted by atomic mass is 10.3. The molecule has 0 bridgehead atoms. The van der Waals surface area contributed by atoms with Gasteiger partial charge in [0.15, 0.2) is 5.69 Å². The SMILES string of the molecule is CCNc1nc(Nc2cc(C#N)nn2C)ncc1C(F)(F)F. The van der Waals surface area contributed by atoms with Crippen molar-refractivity contribution in [3.63, 3.8) is 0 Å². The van der Waals surface area contributed by atoms with Crippen LogP contribution in [0.4, 0.5) is 30.8 Å². The van der Waals surface area contributed by atoms with Crippen LogP contribution in [0.1, 0.15) is 18.2 Å². The molecule has 2 heterocycles. The van der Waals surface area contributed by atoms with E-state index in [2.05, 4.69) is 25.7 Å². The molecular weight excluding hydrogens is 299 g/mol. The Hall–Kier alpha value is -2.83. The smallest absolute Gasteiger partial charge is 0.370 e. The van der Waals surface area contributed by atoms with Gasteiger partial charge in [0.1, 0.15) is 23.3 Å². The van der Waals surface area contributed by atoms with Gasteiger partial charge in [-0.15, -0.1) is 0 Å². The monoisotopic (exact) mass is 311 g/mol. The fourth-order valence-corrected chi connectivity index (χ4v) is 1.71. The van der Waals surface area contributed by atoms with Crippen LogP contribution in [-0.4, -0.2) is 26.3 Å². The van der Waals surface area contributed by atoms with Crippen molar-refractivity contribution >= 4 is 17.6 Å². The third kappa shape index (κ3) is 3.25. The van der Waals surface area contributed by atoms with Crippen LogP contribution in [-0.2, 0) is 13.2 Å². The quantitative estimate of drug-likeness (QED) is 0.900. The molecule has 2 N–H and O–H groups in total. The highest BCUT2D eigenvalue weighted by Crippen LogP contribution is 2.33. The molecule has 0 saturated carbocycles. The summed E-state index contributed by atoms with van der Waals surface area (Å²) in [6.07, 6.45) is -3.84. The molecule has 0 amide bonds. The number of aromatic nitrogens is 4. The summed E-state index contributed by atoms with van der Waals surface area (Å²) in [4.78, 5) is 7.48. The first kappa shape index (κ1) is 15.6. The second kappa shape index (κ2) is 5.88. The number of hydrogen-bond acceptors (Lipinski definition) is 6. The molecule has 0 unspecified atom stereocenters.